The van der Waals surface area contributed by atoms with Crippen molar-refractivity contribution >= 4 is 17.9 Å². The summed E-state index contributed by atoms with van der Waals surface area (Å²) in [4.78, 5) is 10.3. The normalized spacial score (nSPS) is 10.3. The van der Waals surface area contributed by atoms with Gasteiger partial charge in [-0.05, 0) is 6.07 Å². The van der Waals surface area contributed by atoms with Crippen molar-refractivity contribution in [2.75, 3.05) is 7.11 Å². The molecule has 1 rings (SSSR count). The molecule has 1 aromatic rings. The van der Waals surface area contributed by atoms with E-state index in [1.165, 1.54) is 7.11 Å². The van der Waals surface area contributed by atoms with Crippen molar-refractivity contribution in [3.8, 4) is 0 Å². The number of aldehydes is 1. The topological polar surface area (TPSA) is 26.3 Å². The third-order valence-corrected chi connectivity index (χ3v) is 2.03. The van der Waals surface area contributed by atoms with Gasteiger partial charge >= 0.3 is 0 Å². The quantitative estimate of drug-likeness (QED) is 0.578. The minimum Gasteiger partial charge on any atom is -0.380 e. The van der Waals surface area contributed by atoms with E-state index in [-0.39, 0.29) is 23.5 Å². The van der Waals surface area contributed by atoms with Gasteiger partial charge in [-0.15, -0.1) is 0 Å². The second-order valence-electron chi connectivity index (χ2n) is 2.60. The molecule has 0 radical (unpaired) electrons. The highest BCUT2D eigenvalue weighted by molar-refractivity contribution is 6.31. The van der Waals surface area contributed by atoms with E-state index in [0.29, 0.717) is 0 Å². The Hall–Kier alpha value is -1.00. The molecule has 0 aliphatic heterocycles. The van der Waals surface area contributed by atoms with Crippen LogP contribution in [0.2, 0.25) is 5.02 Å². The van der Waals surface area contributed by atoms with E-state index in [0.717, 1.165) is 6.07 Å². The third-order valence-electron chi connectivity index (χ3n) is 1.70. The standard InChI is InChI=1S/C9H7ClF2O2/c1-14-4-6-7(10)2-5(3-13)8(11)9(6)12/h2-3H,4H2,1H3. The van der Waals surface area contributed by atoms with Crippen molar-refractivity contribution in [1.29, 1.82) is 0 Å². The number of hydrogen-bond acceptors (Lipinski definition) is 2. The highest BCUT2D eigenvalue weighted by atomic mass is 35.5. The van der Waals surface area contributed by atoms with Crippen LogP contribution in [0.5, 0.6) is 0 Å². The number of hydrogen-bond donors (Lipinski definition) is 0. The summed E-state index contributed by atoms with van der Waals surface area (Å²) in [6.07, 6.45) is 0.209. The summed E-state index contributed by atoms with van der Waals surface area (Å²) in [6, 6.07) is 1.07. The fourth-order valence-electron chi connectivity index (χ4n) is 1.01. The second-order valence-corrected chi connectivity index (χ2v) is 3.01. The van der Waals surface area contributed by atoms with Gasteiger partial charge in [0.25, 0.3) is 0 Å². The third kappa shape index (κ3) is 1.91. The van der Waals surface area contributed by atoms with Crippen molar-refractivity contribution in [2.24, 2.45) is 0 Å². The smallest absolute Gasteiger partial charge is 0.169 e. The maximum absolute atomic E-state index is 13.2. The van der Waals surface area contributed by atoms with Crippen LogP contribution in [0.3, 0.4) is 0 Å². The Kier molecular flexibility index (Phi) is 3.55. The van der Waals surface area contributed by atoms with Crippen LogP contribution in [0, 0.1) is 11.6 Å². The number of benzene rings is 1. The second kappa shape index (κ2) is 4.48. The van der Waals surface area contributed by atoms with Crippen LogP contribution >= 0.6 is 11.6 Å². The first kappa shape index (κ1) is 11.1. The summed E-state index contributed by atoms with van der Waals surface area (Å²) in [5.74, 6) is -2.34. The van der Waals surface area contributed by atoms with Crippen LogP contribution < -0.4 is 0 Å². The Labute approximate surface area is 84.4 Å². The fourth-order valence-corrected chi connectivity index (χ4v) is 1.27. The van der Waals surface area contributed by atoms with Gasteiger partial charge in [0.2, 0.25) is 0 Å². The van der Waals surface area contributed by atoms with Crippen LogP contribution in [0.15, 0.2) is 6.07 Å². The van der Waals surface area contributed by atoms with Crippen LogP contribution in [0.25, 0.3) is 0 Å². The zero-order chi connectivity index (χ0) is 10.7. The maximum Gasteiger partial charge on any atom is 0.169 e. The summed E-state index contributed by atoms with van der Waals surface area (Å²) >= 11 is 5.62. The minimum atomic E-state index is -1.20. The molecule has 0 aromatic heterocycles. The molecule has 0 unspecified atom stereocenters. The lowest BCUT2D eigenvalue weighted by Gasteiger charge is -2.06. The summed E-state index contributed by atoms with van der Waals surface area (Å²) in [7, 11) is 1.33. The number of halogens is 3. The van der Waals surface area contributed by atoms with Crippen molar-refractivity contribution in [3.63, 3.8) is 0 Å². The zero-order valence-electron chi connectivity index (χ0n) is 7.31. The molecule has 0 atom stereocenters. The van der Waals surface area contributed by atoms with Gasteiger partial charge in [-0.25, -0.2) is 8.78 Å². The molecule has 0 aliphatic rings. The molecule has 0 N–H and O–H groups in total. The van der Waals surface area contributed by atoms with Crippen LogP contribution in [0.4, 0.5) is 8.78 Å². The number of rotatable bonds is 3. The van der Waals surface area contributed by atoms with Crippen LogP contribution in [-0.2, 0) is 11.3 Å². The van der Waals surface area contributed by atoms with Gasteiger partial charge in [-0.2, -0.15) is 0 Å². The van der Waals surface area contributed by atoms with Crippen LogP contribution in [0.1, 0.15) is 15.9 Å². The van der Waals surface area contributed by atoms with Crippen molar-refractivity contribution < 1.29 is 18.3 Å². The number of carbonyl (C=O) groups is 1. The van der Waals surface area contributed by atoms with E-state index >= 15 is 0 Å². The average Bonchev–Trinajstić information content (AvgIpc) is 2.18. The Morgan fingerprint density at radius 3 is 2.64 bits per heavy atom. The molecule has 2 nitrogen and oxygen atoms in total. The first-order valence-electron chi connectivity index (χ1n) is 3.72. The first-order chi connectivity index (χ1) is 6.61. The number of carbonyl (C=O) groups excluding carboxylic acids is 1. The summed E-state index contributed by atoms with van der Waals surface area (Å²) in [6.45, 7) is -0.138. The van der Waals surface area contributed by atoms with Gasteiger partial charge in [0.15, 0.2) is 17.9 Å². The Bertz CT molecular complexity index is 366. The van der Waals surface area contributed by atoms with Gasteiger partial charge in [0, 0.05) is 17.7 Å². The lowest BCUT2D eigenvalue weighted by Crippen LogP contribution is -2.01. The Balaban J connectivity index is 3.33. The fraction of sp³-hybridized carbons (Fsp3) is 0.222. The van der Waals surface area contributed by atoms with Crippen molar-refractivity contribution in [2.45, 2.75) is 6.61 Å². The van der Waals surface area contributed by atoms with Crippen molar-refractivity contribution in [3.05, 3.63) is 33.9 Å². The largest absolute Gasteiger partial charge is 0.380 e. The number of methoxy groups -OCH3 is 1. The predicted molar refractivity (Wildman–Crippen MR) is 47.5 cm³/mol. The molecule has 0 saturated heterocycles. The van der Waals surface area contributed by atoms with Crippen molar-refractivity contribution in [1.82, 2.24) is 0 Å². The number of ether oxygens (including phenoxy) is 1. The minimum absolute atomic E-state index is 0.0205. The highest BCUT2D eigenvalue weighted by Gasteiger charge is 2.16. The molecular formula is C9H7ClF2O2. The molecule has 0 saturated carbocycles. The monoisotopic (exact) mass is 220 g/mol. The molecule has 0 heterocycles. The molecular weight excluding hydrogens is 214 g/mol. The van der Waals surface area contributed by atoms with E-state index in [2.05, 4.69) is 4.74 Å². The molecule has 76 valence electrons. The van der Waals surface area contributed by atoms with Gasteiger partial charge in [-0.1, -0.05) is 11.6 Å². The van der Waals surface area contributed by atoms with Crippen LogP contribution in [-0.4, -0.2) is 13.4 Å². The van der Waals surface area contributed by atoms with E-state index in [1.807, 2.05) is 0 Å². The summed E-state index contributed by atoms with van der Waals surface area (Å²) < 4.78 is 30.9. The predicted octanol–water partition coefficient (Wildman–Crippen LogP) is 2.58. The summed E-state index contributed by atoms with van der Waals surface area (Å²) in [5.41, 5.74) is -0.482. The first-order valence-corrected chi connectivity index (χ1v) is 4.10. The molecule has 14 heavy (non-hydrogen) atoms. The van der Waals surface area contributed by atoms with Gasteiger partial charge in [-0.3, -0.25) is 4.79 Å². The van der Waals surface area contributed by atoms with E-state index in [1.54, 1.807) is 0 Å². The van der Waals surface area contributed by atoms with E-state index in [4.69, 9.17) is 11.6 Å². The average molecular weight is 221 g/mol. The molecule has 0 spiro atoms. The SMILES string of the molecule is COCc1c(Cl)cc(C=O)c(F)c1F. The van der Waals surface area contributed by atoms with E-state index in [9.17, 15) is 13.6 Å². The highest BCUT2D eigenvalue weighted by Crippen LogP contribution is 2.24. The van der Waals surface area contributed by atoms with Gasteiger partial charge in [0.1, 0.15) is 0 Å². The molecule has 0 amide bonds. The van der Waals surface area contributed by atoms with Gasteiger partial charge in [0.05, 0.1) is 12.2 Å². The molecule has 0 bridgehead atoms. The lowest BCUT2D eigenvalue weighted by molar-refractivity contribution is 0.111. The molecule has 5 heteroatoms. The molecule has 1 aromatic carbocycles. The van der Waals surface area contributed by atoms with E-state index < -0.39 is 17.2 Å². The Morgan fingerprint density at radius 1 is 1.50 bits per heavy atom. The summed E-state index contributed by atoms with van der Waals surface area (Å²) in [5, 5.41) is -0.0205. The lowest BCUT2D eigenvalue weighted by atomic mass is 10.1. The zero-order valence-corrected chi connectivity index (χ0v) is 8.07. The van der Waals surface area contributed by atoms with Gasteiger partial charge < -0.3 is 4.74 Å². The Morgan fingerprint density at radius 2 is 2.14 bits per heavy atom. The molecule has 0 fully saturated rings. The maximum atomic E-state index is 13.2. The molecule has 0 aliphatic carbocycles.